The average Bonchev–Trinajstić information content (AvgIpc) is 3.05. The van der Waals surface area contributed by atoms with Gasteiger partial charge >= 0.3 is 0 Å². The first-order valence-corrected chi connectivity index (χ1v) is 12.3. The summed E-state index contributed by atoms with van der Waals surface area (Å²) in [5.74, 6) is 1.87. The largest absolute Gasteiger partial charge is 0.393 e. The van der Waals surface area contributed by atoms with Crippen LogP contribution in [0.5, 0.6) is 0 Å². The van der Waals surface area contributed by atoms with E-state index >= 15 is 0 Å². The van der Waals surface area contributed by atoms with Crippen LogP contribution < -0.4 is 0 Å². The molecule has 4 unspecified atom stereocenters. The van der Waals surface area contributed by atoms with Crippen LogP contribution in [0.4, 0.5) is 0 Å². The molecule has 3 saturated carbocycles. The van der Waals surface area contributed by atoms with Gasteiger partial charge in [-0.25, -0.2) is 0 Å². The summed E-state index contributed by atoms with van der Waals surface area (Å²) in [5.41, 5.74) is 2.82. The predicted octanol–water partition coefficient (Wildman–Crippen LogP) is 5.73. The van der Waals surface area contributed by atoms with Gasteiger partial charge < -0.3 is 15.3 Å². The highest BCUT2D eigenvalue weighted by atomic mass is 16.3. The van der Waals surface area contributed by atoms with Gasteiger partial charge in [-0.3, -0.25) is 0 Å². The molecular formula is C28H44O3. The van der Waals surface area contributed by atoms with Gasteiger partial charge in [-0.2, -0.15) is 0 Å². The van der Waals surface area contributed by atoms with Gasteiger partial charge in [-0.1, -0.05) is 64.2 Å². The van der Waals surface area contributed by atoms with E-state index in [1.807, 2.05) is 13.0 Å². The second kappa shape index (κ2) is 9.37. The van der Waals surface area contributed by atoms with E-state index < -0.39 is 17.8 Å². The Morgan fingerprint density at radius 3 is 2.55 bits per heavy atom. The highest BCUT2D eigenvalue weighted by Crippen LogP contribution is 2.59. The third-order valence-corrected chi connectivity index (χ3v) is 8.84. The maximum atomic E-state index is 10.6. The molecular weight excluding hydrogens is 384 g/mol. The fourth-order valence-electron chi connectivity index (χ4n) is 6.28. The van der Waals surface area contributed by atoms with Crippen molar-refractivity contribution in [2.45, 2.75) is 97.4 Å². The quantitative estimate of drug-likeness (QED) is 0.490. The Kier molecular flexibility index (Phi) is 7.40. The van der Waals surface area contributed by atoms with Crippen molar-refractivity contribution in [3.63, 3.8) is 0 Å². The summed E-state index contributed by atoms with van der Waals surface area (Å²) in [6.07, 6.45) is 14.6. The van der Waals surface area contributed by atoms with Crippen LogP contribution in [0.2, 0.25) is 0 Å². The number of aliphatic hydroxyl groups is 3. The zero-order valence-corrected chi connectivity index (χ0v) is 20.3. The van der Waals surface area contributed by atoms with Gasteiger partial charge in [0.15, 0.2) is 0 Å². The fourth-order valence-corrected chi connectivity index (χ4v) is 6.28. The van der Waals surface area contributed by atoms with E-state index in [1.165, 1.54) is 31.3 Å². The van der Waals surface area contributed by atoms with Crippen LogP contribution >= 0.6 is 0 Å². The Morgan fingerprint density at radius 1 is 1.16 bits per heavy atom. The molecule has 0 aromatic heterocycles. The SMILES string of the molecule is C=C1/C(=C\C=C2/CCCC3(C)C2CCC3[C@H](C)/C=C/C(C)(O)C(C)C)C[C@@H](O)C[C@@H]1O. The molecule has 0 amide bonds. The fraction of sp³-hybridized carbons (Fsp3) is 0.714. The average molecular weight is 429 g/mol. The Balaban J connectivity index is 1.78. The number of hydrogen-bond acceptors (Lipinski definition) is 3. The second-order valence-electron chi connectivity index (χ2n) is 11.3. The topological polar surface area (TPSA) is 60.7 Å². The lowest BCUT2D eigenvalue weighted by molar-refractivity contribution is 0.0607. The highest BCUT2D eigenvalue weighted by Gasteiger charge is 2.50. The lowest BCUT2D eigenvalue weighted by Crippen LogP contribution is -2.36. The number of fused-ring (bicyclic) bond motifs is 1. The van der Waals surface area contributed by atoms with Crippen molar-refractivity contribution in [1.82, 2.24) is 0 Å². The second-order valence-corrected chi connectivity index (χ2v) is 11.3. The molecule has 7 atom stereocenters. The first-order chi connectivity index (χ1) is 14.5. The molecule has 3 rings (SSSR count). The van der Waals surface area contributed by atoms with Crippen molar-refractivity contribution < 1.29 is 15.3 Å². The Morgan fingerprint density at radius 2 is 1.87 bits per heavy atom. The lowest BCUT2D eigenvalue weighted by atomic mass is 9.61. The molecule has 3 heteroatoms. The van der Waals surface area contributed by atoms with Crippen LogP contribution in [0, 0.1) is 29.1 Å². The first-order valence-electron chi connectivity index (χ1n) is 12.3. The summed E-state index contributed by atoms with van der Waals surface area (Å²) in [7, 11) is 0. The minimum atomic E-state index is -0.755. The molecule has 3 fully saturated rings. The summed E-state index contributed by atoms with van der Waals surface area (Å²) < 4.78 is 0. The van der Waals surface area contributed by atoms with Gasteiger partial charge in [-0.15, -0.1) is 0 Å². The Bertz CT molecular complexity index is 756. The Labute approximate surface area is 189 Å². The van der Waals surface area contributed by atoms with E-state index in [9.17, 15) is 15.3 Å². The minimum Gasteiger partial charge on any atom is -0.393 e. The van der Waals surface area contributed by atoms with Crippen molar-refractivity contribution in [2.75, 3.05) is 0 Å². The molecule has 0 aromatic carbocycles. The summed E-state index contributed by atoms with van der Waals surface area (Å²) >= 11 is 0. The molecule has 0 spiro atoms. The third-order valence-electron chi connectivity index (χ3n) is 8.84. The monoisotopic (exact) mass is 428 g/mol. The van der Waals surface area contributed by atoms with Gasteiger partial charge in [0.2, 0.25) is 0 Å². The summed E-state index contributed by atoms with van der Waals surface area (Å²) in [5, 5.41) is 30.8. The molecule has 0 bridgehead atoms. The summed E-state index contributed by atoms with van der Waals surface area (Å²) in [6.45, 7) is 14.9. The molecule has 3 aliphatic carbocycles. The van der Waals surface area contributed by atoms with Gasteiger partial charge in [0, 0.05) is 6.42 Å². The summed E-state index contributed by atoms with van der Waals surface area (Å²) in [6, 6.07) is 0. The van der Waals surface area contributed by atoms with Gasteiger partial charge in [0.1, 0.15) is 0 Å². The van der Waals surface area contributed by atoms with Crippen molar-refractivity contribution >= 4 is 0 Å². The zero-order chi connectivity index (χ0) is 23.0. The summed E-state index contributed by atoms with van der Waals surface area (Å²) in [4.78, 5) is 0. The lowest BCUT2D eigenvalue weighted by Gasteiger charge is -2.44. The minimum absolute atomic E-state index is 0.201. The molecule has 174 valence electrons. The molecule has 3 nitrogen and oxygen atoms in total. The van der Waals surface area contributed by atoms with E-state index in [-0.39, 0.29) is 5.92 Å². The number of rotatable bonds is 5. The van der Waals surface area contributed by atoms with E-state index in [0.29, 0.717) is 36.0 Å². The highest BCUT2D eigenvalue weighted by molar-refractivity contribution is 5.38. The van der Waals surface area contributed by atoms with Crippen molar-refractivity contribution in [3.05, 3.63) is 47.6 Å². The third kappa shape index (κ3) is 5.10. The molecule has 3 N–H and O–H groups in total. The molecule has 0 saturated heterocycles. The van der Waals surface area contributed by atoms with Crippen LogP contribution in [-0.4, -0.2) is 33.1 Å². The molecule has 31 heavy (non-hydrogen) atoms. The van der Waals surface area contributed by atoms with Crippen molar-refractivity contribution in [2.24, 2.45) is 29.1 Å². The first kappa shape index (κ1) is 24.5. The van der Waals surface area contributed by atoms with Gasteiger partial charge in [0.25, 0.3) is 0 Å². The molecule has 0 radical (unpaired) electrons. The maximum Gasteiger partial charge on any atom is 0.0822 e. The van der Waals surface area contributed by atoms with Crippen molar-refractivity contribution in [3.8, 4) is 0 Å². The predicted molar refractivity (Wildman–Crippen MR) is 128 cm³/mol. The van der Waals surface area contributed by atoms with E-state index in [2.05, 4.69) is 52.5 Å². The molecule has 0 aromatic rings. The van der Waals surface area contributed by atoms with Crippen LogP contribution in [-0.2, 0) is 0 Å². The molecule has 0 aliphatic heterocycles. The number of hydrogen-bond donors (Lipinski definition) is 3. The normalized spacial score (nSPS) is 40.0. The van der Waals surface area contributed by atoms with E-state index in [4.69, 9.17) is 0 Å². The van der Waals surface area contributed by atoms with E-state index in [0.717, 1.165) is 17.6 Å². The Hall–Kier alpha value is -1.16. The smallest absolute Gasteiger partial charge is 0.0822 e. The number of aliphatic hydroxyl groups excluding tert-OH is 2. The number of allylic oxidation sites excluding steroid dienone is 4. The van der Waals surface area contributed by atoms with Crippen LogP contribution in [0.3, 0.4) is 0 Å². The molecule has 0 heterocycles. The maximum absolute atomic E-state index is 10.6. The van der Waals surface area contributed by atoms with Gasteiger partial charge in [-0.05, 0) is 85.7 Å². The van der Waals surface area contributed by atoms with Crippen LogP contribution in [0.15, 0.2) is 47.6 Å². The zero-order valence-electron chi connectivity index (χ0n) is 20.3. The standard InChI is InChI=1S/C28H44O3/c1-18(2)28(6,31)15-13-19(3)24-11-12-25-21(8-7-14-27(24,25)5)9-10-22-16-23(29)17-26(30)20(22)4/h9-10,13,15,18-19,23-26,29-31H,4,7-8,11-12,14,16-17H2,1-3,5-6H3/b15-13+,21-9+,22-10-/t19-,23-,24?,25?,26+,27?,28?/m1/s1. The van der Waals surface area contributed by atoms with Crippen LogP contribution in [0.1, 0.15) is 79.6 Å². The van der Waals surface area contributed by atoms with Gasteiger partial charge in [0.05, 0.1) is 17.8 Å². The van der Waals surface area contributed by atoms with Crippen LogP contribution in [0.25, 0.3) is 0 Å². The van der Waals surface area contributed by atoms with E-state index in [1.54, 1.807) is 0 Å². The molecule has 3 aliphatic rings. The van der Waals surface area contributed by atoms with Crippen molar-refractivity contribution in [1.29, 1.82) is 0 Å².